The van der Waals surface area contributed by atoms with Gasteiger partial charge in [0.15, 0.2) is 14.1 Å². The lowest BCUT2D eigenvalue weighted by Gasteiger charge is -2.36. The third-order valence-corrected chi connectivity index (χ3v) is 9.45. The van der Waals surface area contributed by atoms with E-state index < -0.39 is 13.2 Å². The van der Waals surface area contributed by atoms with Gasteiger partial charge in [0.05, 0.1) is 18.6 Å². The molecule has 0 aromatic heterocycles. The van der Waals surface area contributed by atoms with E-state index >= 15 is 0 Å². The molecule has 0 aliphatic heterocycles. The lowest BCUT2D eigenvalue weighted by Crippen LogP contribution is -2.41. The van der Waals surface area contributed by atoms with Gasteiger partial charge in [0.2, 0.25) is 5.75 Å². The number of benzene rings is 1. The first-order valence-corrected chi connectivity index (χ1v) is 11.7. The molecule has 26 heavy (non-hydrogen) atoms. The largest absolute Gasteiger partial charge is 0.488 e. The average Bonchev–Trinajstić information content (AvgIpc) is 2.48. The van der Waals surface area contributed by atoms with Gasteiger partial charge in [-0.2, -0.15) is 0 Å². The fraction of sp³-hybridized carbons (Fsp3) is 0.684. The number of ether oxygens (including phenoxy) is 2. The molecule has 0 heterocycles. The van der Waals surface area contributed by atoms with Gasteiger partial charge >= 0.3 is 5.69 Å². The van der Waals surface area contributed by atoms with Crippen molar-refractivity contribution in [3.8, 4) is 11.5 Å². The summed E-state index contributed by atoms with van der Waals surface area (Å²) in [6, 6.07) is 3.37. The van der Waals surface area contributed by atoms with Crippen LogP contribution in [0.25, 0.3) is 0 Å². The minimum absolute atomic E-state index is 0.0831. The van der Waals surface area contributed by atoms with Crippen LogP contribution >= 0.6 is 0 Å². The number of nitro benzene ring substituents is 1. The lowest BCUT2D eigenvalue weighted by atomic mass is 9.86. The number of methoxy groups -OCH3 is 1. The summed E-state index contributed by atoms with van der Waals surface area (Å²) in [6.45, 7) is 17.7. The fourth-order valence-corrected chi connectivity index (χ4v) is 3.16. The number of nitro groups is 1. The van der Waals surface area contributed by atoms with Crippen molar-refractivity contribution >= 4 is 14.0 Å². The predicted molar refractivity (Wildman–Crippen MR) is 107 cm³/mol. The zero-order valence-corrected chi connectivity index (χ0v) is 18.6. The van der Waals surface area contributed by atoms with Crippen molar-refractivity contribution in [2.45, 2.75) is 65.1 Å². The van der Waals surface area contributed by atoms with E-state index in [0.29, 0.717) is 19.0 Å². The van der Waals surface area contributed by atoms with Crippen LogP contribution in [0.5, 0.6) is 11.5 Å². The number of rotatable bonds is 7. The molecule has 0 saturated heterocycles. The van der Waals surface area contributed by atoms with Crippen LogP contribution in [0.1, 0.15) is 47.1 Å². The lowest BCUT2D eigenvalue weighted by molar-refractivity contribution is -0.385. The van der Waals surface area contributed by atoms with Crippen molar-refractivity contribution in [1.29, 1.82) is 0 Å². The minimum Gasteiger partial charge on any atom is -0.488 e. The summed E-state index contributed by atoms with van der Waals surface area (Å²) in [4.78, 5) is 11.0. The normalized spacial score (nSPS) is 12.8. The second-order valence-electron chi connectivity index (χ2n) is 8.99. The first-order chi connectivity index (χ1) is 11.7. The van der Waals surface area contributed by atoms with Crippen molar-refractivity contribution in [3.05, 3.63) is 27.8 Å². The third kappa shape index (κ3) is 5.44. The van der Waals surface area contributed by atoms with Gasteiger partial charge in [-0.3, -0.25) is 10.1 Å². The Morgan fingerprint density at radius 3 is 2.08 bits per heavy atom. The zero-order valence-electron chi connectivity index (χ0n) is 17.6. The molecule has 0 aliphatic rings. The Labute approximate surface area is 158 Å². The molecule has 0 N–H and O–H groups in total. The molecule has 0 saturated carbocycles. The van der Waals surface area contributed by atoms with E-state index in [4.69, 9.17) is 13.9 Å². The molecule has 0 unspecified atom stereocenters. The Hall–Kier alpha value is -1.60. The first kappa shape index (κ1) is 22.4. The first-order valence-electron chi connectivity index (χ1n) is 8.84. The van der Waals surface area contributed by atoms with Gasteiger partial charge in [0.1, 0.15) is 6.61 Å². The van der Waals surface area contributed by atoms with Crippen molar-refractivity contribution in [2.75, 3.05) is 20.3 Å². The van der Waals surface area contributed by atoms with Crippen LogP contribution in [-0.4, -0.2) is 33.6 Å². The molecule has 0 amide bonds. The predicted octanol–water partition coefficient (Wildman–Crippen LogP) is 5.30. The molecular weight excluding hydrogens is 350 g/mol. The Kier molecular flexibility index (Phi) is 6.87. The molecule has 1 aromatic rings. The second kappa shape index (κ2) is 7.96. The van der Waals surface area contributed by atoms with Crippen molar-refractivity contribution in [1.82, 2.24) is 0 Å². The molecule has 0 radical (unpaired) electrons. The fourth-order valence-electron chi connectivity index (χ4n) is 2.13. The molecule has 0 aliphatic carbocycles. The molecule has 1 rings (SSSR count). The van der Waals surface area contributed by atoms with E-state index in [-0.39, 0.29) is 21.9 Å². The summed E-state index contributed by atoms with van der Waals surface area (Å²) in [7, 11) is -0.439. The molecular formula is C19H33NO5Si. The monoisotopic (exact) mass is 383 g/mol. The third-order valence-electron chi connectivity index (χ3n) is 4.91. The highest BCUT2D eigenvalue weighted by molar-refractivity contribution is 6.74. The van der Waals surface area contributed by atoms with E-state index in [9.17, 15) is 10.1 Å². The summed E-state index contributed by atoms with van der Waals surface area (Å²) >= 11 is 0. The van der Waals surface area contributed by atoms with E-state index in [1.165, 1.54) is 7.11 Å². The molecule has 0 bridgehead atoms. The van der Waals surface area contributed by atoms with Crippen LogP contribution in [-0.2, 0) is 9.84 Å². The topological polar surface area (TPSA) is 70.8 Å². The summed E-state index contributed by atoms with van der Waals surface area (Å²) in [5.74, 6) is 0.529. The van der Waals surface area contributed by atoms with Crippen LogP contribution in [0.4, 0.5) is 5.69 Å². The molecule has 0 fully saturated rings. The van der Waals surface area contributed by atoms with Crippen LogP contribution < -0.4 is 9.47 Å². The van der Waals surface area contributed by atoms with Crippen LogP contribution in [0, 0.1) is 10.1 Å². The van der Waals surface area contributed by atoms with Gasteiger partial charge in [0, 0.05) is 6.07 Å². The Morgan fingerprint density at radius 2 is 1.65 bits per heavy atom. The molecule has 0 spiro atoms. The maximum atomic E-state index is 11.4. The van der Waals surface area contributed by atoms with Crippen molar-refractivity contribution in [2.24, 2.45) is 0 Å². The van der Waals surface area contributed by atoms with E-state index in [1.54, 1.807) is 6.07 Å². The van der Waals surface area contributed by atoms with E-state index in [2.05, 4.69) is 33.9 Å². The van der Waals surface area contributed by atoms with Crippen LogP contribution in [0.2, 0.25) is 18.1 Å². The summed E-state index contributed by atoms with van der Waals surface area (Å²) in [6.07, 6.45) is 0. The van der Waals surface area contributed by atoms with Crippen LogP contribution in [0.3, 0.4) is 0 Å². The number of hydrogen-bond acceptors (Lipinski definition) is 5. The van der Waals surface area contributed by atoms with E-state index in [0.717, 1.165) is 5.56 Å². The second-order valence-corrected chi connectivity index (χ2v) is 13.8. The Balaban J connectivity index is 3.01. The summed E-state index contributed by atoms with van der Waals surface area (Å²) < 4.78 is 17.2. The molecule has 0 atom stereocenters. The summed E-state index contributed by atoms with van der Waals surface area (Å²) in [5.41, 5.74) is 0.498. The summed E-state index contributed by atoms with van der Waals surface area (Å²) in [5, 5.41) is 11.6. The molecule has 1 aromatic carbocycles. The standard InChI is InChI=1S/C19H33NO5Si/c1-18(2,3)14-12-15(20(21)22)17(23-7)16(13-14)24-10-11-25-26(8,9)19(4,5)6/h12-13H,10-11H2,1-9H3. The zero-order chi connectivity index (χ0) is 20.3. The van der Waals surface area contributed by atoms with E-state index in [1.807, 2.05) is 26.8 Å². The van der Waals surface area contributed by atoms with Crippen molar-refractivity contribution in [3.63, 3.8) is 0 Å². The number of hydrogen-bond donors (Lipinski definition) is 0. The molecule has 7 heteroatoms. The Bertz CT molecular complexity index is 645. The quantitative estimate of drug-likeness (QED) is 0.276. The number of nitrogens with zero attached hydrogens (tertiary/aromatic N) is 1. The molecule has 148 valence electrons. The highest BCUT2D eigenvalue weighted by Crippen LogP contribution is 2.41. The molecule has 6 nitrogen and oxygen atoms in total. The maximum absolute atomic E-state index is 11.4. The SMILES string of the molecule is COc1c(OCCO[Si](C)(C)C(C)(C)C)cc(C(C)(C)C)cc1[N+](=O)[O-]. The van der Waals surface area contributed by atoms with Gasteiger partial charge in [-0.15, -0.1) is 0 Å². The van der Waals surface area contributed by atoms with Gasteiger partial charge in [-0.1, -0.05) is 41.5 Å². The smallest absolute Gasteiger partial charge is 0.315 e. The van der Waals surface area contributed by atoms with Gasteiger partial charge < -0.3 is 13.9 Å². The van der Waals surface area contributed by atoms with Gasteiger partial charge in [0.25, 0.3) is 0 Å². The average molecular weight is 384 g/mol. The van der Waals surface area contributed by atoms with Gasteiger partial charge in [-0.25, -0.2) is 0 Å². The Morgan fingerprint density at radius 1 is 1.08 bits per heavy atom. The highest BCUT2D eigenvalue weighted by atomic mass is 28.4. The highest BCUT2D eigenvalue weighted by Gasteiger charge is 2.37. The van der Waals surface area contributed by atoms with Crippen LogP contribution in [0.15, 0.2) is 12.1 Å². The maximum Gasteiger partial charge on any atom is 0.315 e. The minimum atomic E-state index is -1.85. The van der Waals surface area contributed by atoms with Crippen molar-refractivity contribution < 1.29 is 18.8 Å². The van der Waals surface area contributed by atoms with Gasteiger partial charge in [-0.05, 0) is 35.2 Å².